The van der Waals surface area contributed by atoms with Gasteiger partial charge in [-0.15, -0.1) is 11.3 Å². The average Bonchev–Trinajstić information content (AvgIpc) is 3.19. The molecule has 0 atom stereocenters. The van der Waals surface area contributed by atoms with Gasteiger partial charge in [-0.1, -0.05) is 12.1 Å². The highest BCUT2D eigenvalue weighted by Gasteiger charge is 2.25. The number of thiazole rings is 1. The number of carbonyl (C=O) groups excluding carboxylic acids is 2. The fourth-order valence-corrected chi connectivity index (χ4v) is 3.23. The first-order chi connectivity index (χ1) is 11.6. The minimum Gasteiger partial charge on any atom is -0.492 e. The monoisotopic (exact) mass is 361 g/mol. The molecule has 1 fully saturated rings. The Labute approximate surface area is 147 Å². The number of benzene rings is 1. The standard InChI is InChI=1S/C16H15N3O3S2/c1-19(15-17-6-9-23-15)7-8-22-12-4-2-11(3-5-12)10-13-14(20)24-16(21)18-13/h2-6,9-10H,7-8H2,1H3,(H,18,21). The smallest absolute Gasteiger partial charge is 0.291 e. The number of carbonyl (C=O) groups is 2. The number of hydrogen-bond acceptors (Lipinski definition) is 7. The summed E-state index contributed by atoms with van der Waals surface area (Å²) in [6, 6.07) is 7.36. The van der Waals surface area contributed by atoms with Crippen molar-refractivity contribution in [1.82, 2.24) is 10.3 Å². The van der Waals surface area contributed by atoms with E-state index in [1.54, 1.807) is 23.6 Å². The fraction of sp³-hybridized carbons (Fsp3) is 0.188. The number of hydrogen-bond donors (Lipinski definition) is 1. The zero-order valence-electron chi connectivity index (χ0n) is 12.9. The van der Waals surface area contributed by atoms with Crippen LogP contribution < -0.4 is 15.0 Å². The van der Waals surface area contributed by atoms with E-state index in [1.165, 1.54) is 0 Å². The molecule has 124 valence electrons. The number of thioether (sulfide) groups is 1. The van der Waals surface area contributed by atoms with Gasteiger partial charge in [-0.05, 0) is 23.8 Å². The Bertz CT molecular complexity index is 757. The molecule has 1 aromatic heterocycles. The molecule has 24 heavy (non-hydrogen) atoms. The number of nitrogens with one attached hydrogen (secondary N) is 1. The zero-order chi connectivity index (χ0) is 16.9. The number of likely N-dealkylation sites (N-methyl/N-ethyl adjacent to an activating group) is 1. The van der Waals surface area contributed by atoms with E-state index < -0.39 is 0 Å². The highest BCUT2D eigenvalue weighted by Crippen LogP contribution is 2.22. The second-order valence-electron chi connectivity index (χ2n) is 5.01. The second-order valence-corrected chi connectivity index (χ2v) is 6.83. The van der Waals surface area contributed by atoms with Crippen LogP contribution >= 0.6 is 23.1 Å². The molecule has 1 aliphatic rings. The molecule has 0 bridgehead atoms. The number of ether oxygens (including phenoxy) is 1. The van der Waals surface area contributed by atoms with Gasteiger partial charge in [0.05, 0.1) is 12.2 Å². The summed E-state index contributed by atoms with van der Waals surface area (Å²) >= 11 is 2.26. The maximum atomic E-state index is 11.5. The van der Waals surface area contributed by atoms with Gasteiger partial charge in [0.2, 0.25) is 5.12 Å². The van der Waals surface area contributed by atoms with Crippen molar-refractivity contribution in [2.45, 2.75) is 0 Å². The van der Waals surface area contributed by atoms with Gasteiger partial charge in [-0.2, -0.15) is 0 Å². The van der Waals surface area contributed by atoms with Crippen molar-refractivity contribution >= 4 is 44.7 Å². The van der Waals surface area contributed by atoms with E-state index in [-0.39, 0.29) is 10.4 Å². The van der Waals surface area contributed by atoms with Gasteiger partial charge in [0.25, 0.3) is 5.24 Å². The van der Waals surface area contributed by atoms with Gasteiger partial charge in [0.15, 0.2) is 5.13 Å². The summed E-state index contributed by atoms with van der Waals surface area (Å²) in [4.78, 5) is 28.9. The zero-order valence-corrected chi connectivity index (χ0v) is 14.5. The van der Waals surface area contributed by atoms with Crippen molar-refractivity contribution in [3.8, 4) is 5.75 Å². The van der Waals surface area contributed by atoms with E-state index in [0.717, 1.165) is 23.0 Å². The molecule has 0 aliphatic carbocycles. The molecule has 1 N–H and O–H groups in total. The SMILES string of the molecule is CN(CCOc1ccc(C=C2NC(=O)SC2=O)cc1)c1nccs1. The summed E-state index contributed by atoms with van der Waals surface area (Å²) in [5.41, 5.74) is 1.14. The lowest BCUT2D eigenvalue weighted by molar-refractivity contribution is -0.107. The molecule has 0 radical (unpaired) electrons. The molecule has 2 heterocycles. The van der Waals surface area contributed by atoms with Gasteiger partial charge in [0.1, 0.15) is 12.4 Å². The maximum absolute atomic E-state index is 11.5. The molecule has 0 spiro atoms. The van der Waals surface area contributed by atoms with Gasteiger partial charge >= 0.3 is 0 Å². The normalized spacial score (nSPS) is 15.6. The first-order valence-corrected chi connectivity index (χ1v) is 8.90. The molecule has 6 nitrogen and oxygen atoms in total. The van der Waals surface area contributed by atoms with E-state index in [2.05, 4.69) is 10.3 Å². The Balaban J connectivity index is 1.52. The van der Waals surface area contributed by atoms with E-state index in [4.69, 9.17) is 4.74 Å². The summed E-state index contributed by atoms with van der Waals surface area (Å²) in [7, 11) is 1.97. The van der Waals surface area contributed by atoms with Crippen LogP contribution in [0.3, 0.4) is 0 Å². The molecule has 1 saturated heterocycles. The Hall–Kier alpha value is -2.32. The number of rotatable bonds is 6. The van der Waals surface area contributed by atoms with Crippen LogP contribution in [-0.4, -0.2) is 35.5 Å². The van der Waals surface area contributed by atoms with Crippen molar-refractivity contribution in [2.75, 3.05) is 25.1 Å². The van der Waals surface area contributed by atoms with Gasteiger partial charge < -0.3 is 15.0 Å². The third-order valence-corrected chi connectivity index (χ3v) is 4.85. The molecule has 1 aliphatic heterocycles. The summed E-state index contributed by atoms with van der Waals surface area (Å²) in [6.45, 7) is 1.28. The first-order valence-electron chi connectivity index (χ1n) is 7.20. The largest absolute Gasteiger partial charge is 0.492 e. The van der Waals surface area contributed by atoms with Gasteiger partial charge in [0, 0.05) is 30.4 Å². The predicted molar refractivity (Wildman–Crippen MR) is 96.4 cm³/mol. The minimum absolute atomic E-state index is 0.259. The van der Waals surface area contributed by atoms with Gasteiger partial charge in [-0.25, -0.2) is 4.98 Å². The Morgan fingerprint density at radius 2 is 2.08 bits per heavy atom. The van der Waals surface area contributed by atoms with E-state index >= 15 is 0 Å². The number of anilines is 1. The van der Waals surface area contributed by atoms with Crippen molar-refractivity contribution in [3.05, 3.63) is 47.1 Å². The molecule has 8 heteroatoms. The lowest BCUT2D eigenvalue weighted by Crippen LogP contribution is -2.23. The van der Waals surface area contributed by atoms with Crippen LogP contribution in [0.5, 0.6) is 5.75 Å². The van der Waals surface area contributed by atoms with Crippen LogP contribution in [0.2, 0.25) is 0 Å². The van der Waals surface area contributed by atoms with Crippen LogP contribution in [0, 0.1) is 0 Å². The lowest BCUT2D eigenvalue weighted by atomic mass is 10.2. The molecule has 0 saturated carbocycles. The summed E-state index contributed by atoms with van der Waals surface area (Å²) in [6.07, 6.45) is 3.43. The fourth-order valence-electron chi connectivity index (χ4n) is 2.05. The minimum atomic E-state index is -0.337. The first kappa shape index (κ1) is 16.5. The molecular formula is C16H15N3O3S2. The molecule has 2 aromatic rings. The topological polar surface area (TPSA) is 71.5 Å². The molecule has 0 unspecified atom stereocenters. The van der Waals surface area contributed by atoms with Gasteiger partial charge in [-0.3, -0.25) is 9.59 Å². The molecule has 1 amide bonds. The summed E-state index contributed by atoms with van der Waals surface area (Å²) in [5, 5.41) is 4.82. The molecule has 1 aromatic carbocycles. The molecule has 3 rings (SSSR count). The quantitative estimate of drug-likeness (QED) is 0.798. The van der Waals surface area contributed by atoms with Crippen LogP contribution in [0.15, 0.2) is 41.5 Å². The summed E-state index contributed by atoms with van der Waals surface area (Å²) in [5.74, 6) is 0.751. The molecular weight excluding hydrogens is 346 g/mol. The third-order valence-electron chi connectivity index (χ3n) is 3.27. The summed E-state index contributed by atoms with van der Waals surface area (Å²) < 4.78 is 5.71. The Morgan fingerprint density at radius 1 is 1.29 bits per heavy atom. The maximum Gasteiger partial charge on any atom is 0.291 e. The number of nitrogens with zero attached hydrogens (tertiary/aromatic N) is 2. The average molecular weight is 361 g/mol. The van der Waals surface area contributed by atoms with Crippen LogP contribution in [0.4, 0.5) is 9.93 Å². The number of amides is 1. The third kappa shape index (κ3) is 4.15. The van der Waals surface area contributed by atoms with E-state index in [0.29, 0.717) is 24.1 Å². The lowest BCUT2D eigenvalue weighted by Gasteiger charge is -2.16. The Kier molecular flexibility index (Phi) is 5.17. The van der Waals surface area contributed by atoms with Crippen molar-refractivity contribution in [2.24, 2.45) is 0 Å². The highest BCUT2D eigenvalue weighted by molar-refractivity contribution is 8.27. The number of aromatic nitrogens is 1. The highest BCUT2D eigenvalue weighted by atomic mass is 32.2. The second kappa shape index (κ2) is 7.50. The van der Waals surface area contributed by atoms with Crippen molar-refractivity contribution in [1.29, 1.82) is 0 Å². The van der Waals surface area contributed by atoms with Crippen LogP contribution in [0.25, 0.3) is 6.08 Å². The van der Waals surface area contributed by atoms with Crippen LogP contribution in [-0.2, 0) is 4.79 Å². The van der Waals surface area contributed by atoms with Crippen molar-refractivity contribution in [3.63, 3.8) is 0 Å². The van der Waals surface area contributed by atoms with E-state index in [9.17, 15) is 9.59 Å². The Morgan fingerprint density at radius 3 is 2.71 bits per heavy atom. The van der Waals surface area contributed by atoms with E-state index in [1.807, 2.05) is 41.6 Å². The van der Waals surface area contributed by atoms with Crippen LogP contribution in [0.1, 0.15) is 5.56 Å². The predicted octanol–water partition coefficient (Wildman–Crippen LogP) is 2.98. The van der Waals surface area contributed by atoms with Crippen molar-refractivity contribution < 1.29 is 14.3 Å².